The highest BCUT2D eigenvalue weighted by atomic mass is 19.4. The van der Waals surface area contributed by atoms with Crippen LogP contribution in [-0.2, 0) is 30.2 Å². The van der Waals surface area contributed by atoms with E-state index in [2.05, 4.69) is 4.98 Å². The zero-order valence-corrected chi connectivity index (χ0v) is 25.0. The van der Waals surface area contributed by atoms with E-state index in [9.17, 15) is 45.8 Å². The summed E-state index contributed by atoms with van der Waals surface area (Å²) in [5.41, 5.74) is -5.14. The standard InChI is InChI=1S/C32H26F6N4O5/c1-30(2,3)47-29(46)42-24-26(39-25(42)20-8-14-23(43)15-9-20)40(16-18-4-10-21(11-5-18)31(33,34)35)28(45)41(27(24)44)17-19-6-12-22(13-7-19)32(36,37)38/h4-15,43H,16-17H2,1-3H3. The van der Waals surface area contributed by atoms with Crippen molar-refractivity contribution in [2.75, 3.05) is 0 Å². The lowest BCUT2D eigenvalue weighted by Crippen LogP contribution is -2.41. The Balaban J connectivity index is 1.78. The monoisotopic (exact) mass is 660 g/mol. The quantitative estimate of drug-likeness (QED) is 0.212. The van der Waals surface area contributed by atoms with Gasteiger partial charge in [0.1, 0.15) is 11.4 Å². The molecule has 5 aromatic rings. The van der Waals surface area contributed by atoms with E-state index in [4.69, 9.17) is 4.74 Å². The topological polar surface area (TPSA) is 108 Å². The molecule has 1 N–H and O–H groups in total. The maximum atomic E-state index is 14.1. The van der Waals surface area contributed by atoms with Gasteiger partial charge in [0.25, 0.3) is 5.56 Å². The Bertz CT molecular complexity index is 2070. The van der Waals surface area contributed by atoms with E-state index >= 15 is 0 Å². The summed E-state index contributed by atoms with van der Waals surface area (Å²) in [5, 5.41) is 9.82. The fraction of sp³-hybridized carbons (Fsp3) is 0.250. The van der Waals surface area contributed by atoms with Crippen molar-refractivity contribution >= 4 is 17.3 Å². The number of carbonyl (C=O) groups excluding carboxylic acids is 1. The number of benzene rings is 3. The number of hydrogen-bond acceptors (Lipinski definition) is 6. The summed E-state index contributed by atoms with van der Waals surface area (Å²) in [5.74, 6) is -0.272. The van der Waals surface area contributed by atoms with E-state index < -0.39 is 65.0 Å². The lowest BCUT2D eigenvalue weighted by atomic mass is 10.1. The van der Waals surface area contributed by atoms with Crippen LogP contribution in [0.5, 0.6) is 5.75 Å². The number of alkyl halides is 6. The zero-order chi connectivity index (χ0) is 34.5. The molecule has 0 unspecified atom stereocenters. The highest BCUT2D eigenvalue weighted by Gasteiger charge is 2.32. The van der Waals surface area contributed by atoms with Crippen LogP contribution >= 0.6 is 0 Å². The molecule has 0 saturated carbocycles. The van der Waals surface area contributed by atoms with Crippen molar-refractivity contribution in [2.24, 2.45) is 0 Å². The number of phenolic OH excluding ortho intramolecular Hbond substituents is 1. The van der Waals surface area contributed by atoms with Crippen molar-refractivity contribution in [1.82, 2.24) is 18.7 Å². The molecule has 0 bridgehead atoms. The SMILES string of the molecule is CC(C)(C)OC(=O)n1c(-c2ccc(O)cc2)nc2c1c(=O)n(Cc1ccc(C(F)(F)F)cc1)c(=O)n2Cc1ccc(C(F)(F)F)cc1. The summed E-state index contributed by atoms with van der Waals surface area (Å²) in [6.45, 7) is 3.81. The Morgan fingerprint density at radius 2 is 1.21 bits per heavy atom. The van der Waals surface area contributed by atoms with Gasteiger partial charge in [-0.3, -0.25) is 13.9 Å². The molecule has 0 spiro atoms. The van der Waals surface area contributed by atoms with Gasteiger partial charge in [-0.25, -0.2) is 19.1 Å². The second-order valence-electron chi connectivity index (χ2n) is 11.6. The molecule has 2 heterocycles. The zero-order valence-electron chi connectivity index (χ0n) is 25.0. The predicted molar refractivity (Wildman–Crippen MR) is 158 cm³/mol. The molecule has 9 nitrogen and oxygen atoms in total. The van der Waals surface area contributed by atoms with E-state index in [1.807, 2.05) is 0 Å². The summed E-state index contributed by atoms with van der Waals surface area (Å²) in [4.78, 5) is 46.1. The van der Waals surface area contributed by atoms with Crippen LogP contribution in [0.15, 0.2) is 82.4 Å². The van der Waals surface area contributed by atoms with Gasteiger partial charge in [-0.05, 0) is 80.4 Å². The first kappa shape index (κ1) is 33.0. The molecule has 0 amide bonds. The summed E-state index contributed by atoms with van der Waals surface area (Å²) < 4.78 is 87.2. The van der Waals surface area contributed by atoms with Crippen molar-refractivity contribution in [2.45, 2.75) is 51.8 Å². The van der Waals surface area contributed by atoms with Crippen LogP contribution in [-0.4, -0.2) is 35.5 Å². The molecule has 0 atom stereocenters. The van der Waals surface area contributed by atoms with Gasteiger partial charge in [0.2, 0.25) is 0 Å². The number of rotatable bonds is 5. The van der Waals surface area contributed by atoms with Gasteiger partial charge in [0.15, 0.2) is 17.0 Å². The largest absolute Gasteiger partial charge is 0.508 e. The van der Waals surface area contributed by atoms with Crippen LogP contribution in [0, 0.1) is 0 Å². The molecule has 0 aliphatic heterocycles. The third-order valence-corrected chi connectivity index (χ3v) is 6.97. The first-order valence-electron chi connectivity index (χ1n) is 13.9. The van der Waals surface area contributed by atoms with Crippen molar-refractivity contribution in [1.29, 1.82) is 0 Å². The molecule has 0 aliphatic carbocycles. The van der Waals surface area contributed by atoms with Crippen molar-refractivity contribution in [3.05, 3.63) is 116 Å². The Morgan fingerprint density at radius 1 is 0.745 bits per heavy atom. The van der Waals surface area contributed by atoms with Crippen molar-refractivity contribution in [3.63, 3.8) is 0 Å². The van der Waals surface area contributed by atoms with E-state index in [-0.39, 0.29) is 33.9 Å². The number of ether oxygens (including phenoxy) is 1. The van der Waals surface area contributed by atoms with E-state index in [0.717, 1.165) is 57.7 Å². The molecule has 246 valence electrons. The van der Waals surface area contributed by atoms with Gasteiger partial charge >= 0.3 is 24.1 Å². The van der Waals surface area contributed by atoms with Gasteiger partial charge < -0.3 is 9.84 Å². The minimum absolute atomic E-state index is 0.119. The maximum absolute atomic E-state index is 14.1. The first-order chi connectivity index (χ1) is 21.8. The normalized spacial score (nSPS) is 12.4. The van der Waals surface area contributed by atoms with Gasteiger partial charge in [0.05, 0.1) is 24.2 Å². The summed E-state index contributed by atoms with van der Waals surface area (Å²) in [7, 11) is 0. The molecule has 5 rings (SSSR count). The van der Waals surface area contributed by atoms with Gasteiger partial charge in [-0.15, -0.1) is 0 Å². The highest BCUT2D eigenvalue weighted by Crippen LogP contribution is 2.31. The molecular weight excluding hydrogens is 634 g/mol. The minimum Gasteiger partial charge on any atom is -0.508 e. The second kappa shape index (κ2) is 11.8. The number of carbonyl (C=O) groups is 1. The van der Waals surface area contributed by atoms with E-state index in [0.29, 0.717) is 4.57 Å². The number of imidazole rings is 1. The van der Waals surface area contributed by atoms with Crippen LogP contribution in [0.1, 0.15) is 43.0 Å². The first-order valence-corrected chi connectivity index (χ1v) is 13.9. The molecule has 15 heteroatoms. The molecule has 3 aromatic carbocycles. The van der Waals surface area contributed by atoms with E-state index in [1.165, 1.54) is 24.3 Å². The molecule has 2 aromatic heterocycles. The third kappa shape index (κ3) is 6.93. The number of fused-ring (bicyclic) bond motifs is 1. The lowest BCUT2D eigenvalue weighted by molar-refractivity contribution is -0.138. The fourth-order valence-corrected chi connectivity index (χ4v) is 4.77. The van der Waals surface area contributed by atoms with Gasteiger partial charge in [-0.2, -0.15) is 26.3 Å². The Hall–Kier alpha value is -5.34. The van der Waals surface area contributed by atoms with Crippen LogP contribution in [0.2, 0.25) is 0 Å². The number of nitrogens with zero attached hydrogens (tertiary/aromatic N) is 4. The molecule has 0 aliphatic rings. The number of aromatic hydroxyl groups is 1. The van der Waals surface area contributed by atoms with Crippen LogP contribution in [0.4, 0.5) is 31.1 Å². The maximum Gasteiger partial charge on any atom is 0.421 e. The average Bonchev–Trinajstić information content (AvgIpc) is 3.38. The lowest BCUT2D eigenvalue weighted by Gasteiger charge is -2.20. The van der Waals surface area contributed by atoms with Gasteiger partial charge in [-0.1, -0.05) is 24.3 Å². The molecule has 0 saturated heterocycles. The Labute approximate surface area is 261 Å². The van der Waals surface area contributed by atoms with Crippen LogP contribution in [0.25, 0.3) is 22.6 Å². The molecule has 0 fully saturated rings. The molecule has 0 radical (unpaired) electrons. The predicted octanol–water partition coefficient (Wildman–Crippen LogP) is 6.65. The highest BCUT2D eigenvalue weighted by molar-refractivity contribution is 5.90. The Morgan fingerprint density at radius 3 is 1.66 bits per heavy atom. The van der Waals surface area contributed by atoms with Gasteiger partial charge in [0, 0.05) is 5.56 Å². The number of hydrogen-bond donors (Lipinski definition) is 1. The second-order valence-corrected chi connectivity index (χ2v) is 11.6. The number of phenols is 1. The average molecular weight is 661 g/mol. The molecular formula is C32H26F6N4O5. The summed E-state index contributed by atoms with van der Waals surface area (Å²) in [6, 6.07) is 13.1. The number of halogens is 6. The summed E-state index contributed by atoms with van der Waals surface area (Å²) in [6.07, 6.45) is -10.3. The third-order valence-electron chi connectivity index (χ3n) is 6.97. The van der Waals surface area contributed by atoms with Crippen LogP contribution < -0.4 is 11.2 Å². The Kier molecular flexibility index (Phi) is 8.29. The minimum atomic E-state index is -4.63. The number of aromatic nitrogens is 4. The fourth-order valence-electron chi connectivity index (χ4n) is 4.77. The van der Waals surface area contributed by atoms with Crippen molar-refractivity contribution < 1.29 is 41.0 Å². The van der Waals surface area contributed by atoms with Crippen LogP contribution in [0.3, 0.4) is 0 Å². The smallest absolute Gasteiger partial charge is 0.421 e. The summed E-state index contributed by atoms with van der Waals surface area (Å²) >= 11 is 0. The molecule has 47 heavy (non-hydrogen) atoms. The van der Waals surface area contributed by atoms with Crippen molar-refractivity contribution in [3.8, 4) is 17.1 Å². The van der Waals surface area contributed by atoms with E-state index in [1.54, 1.807) is 20.8 Å².